The molecule has 1 amide bonds. The number of rotatable bonds is 8. The van der Waals surface area contributed by atoms with E-state index in [0.717, 1.165) is 17.4 Å². The number of carbonyl (C=O) groups excluding carboxylic acids is 2. The van der Waals surface area contributed by atoms with Gasteiger partial charge in [0.2, 0.25) is 5.91 Å². The van der Waals surface area contributed by atoms with Crippen LogP contribution in [0.15, 0.2) is 65.3 Å². The van der Waals surface area contributed by atoms with Crippen LogP contribution in [0.4, 0.5) is 0 Å². The molecule has 1 aromatic heterocycles. The van der Waals surface area contributed by atoms with Gasteiger partial charge in [0.25, 0.3) is 0 Å². The van der Waals surface area contributed by atoms with Crippen LogP contribution in [0.1, 0.15) is 29.6 Å². The second-order valence-corrected chi connectivity index (χ2v) is 7.12. The lowest BCUT2D eigenvalue weighted by Crippen LogP contribution is -2.25. The summed E-state index contributed by atoms with van der Waals surface area (Å²) in [5.74, 6) is -0.0840. The van der Waals surface area contributed by atoms with Crippen molar-refractivity contribution in [2.45, 2.75) is 25.8 Å². The zero-order valence-electron chi connectivity index (χ0n) is 14.5. The monoisotopic (exact) mass is 412 g/mol. The zero-order valence-corrected chi connectivity index (χ0v) is 16.0. The van der Waals surface area contributed by atoms with Crippen LogP contribution in [-0.2, 0) is 11.3 Å². The number of amides is 1. The van der Waals surface area contributed by atoms with E-state index in [1.165, 1.54) is 10.9 Å². The third-order valence-electron chi connectivity index (χ3n) is 4.32. The molecule has 0 radical (unpaired) electrons. The predicted octanol–water partition coefficient (Wildman–Crippen LogP) is 4.57. The summed E-state index contributed by atoms with van der Waals surface area (Å²) in [6.45, 7) is 1.46. The van der Waals surface area contributed by atoms with Crippen LogP contribution in [0.3, 0.4) is 0 Å². The Morgan fingerprint density at radius 1 is 0.962 bits per heavy atom. The molecule has 5 heteroatoms. The Kier molecular flexibility index (Phi) is 6.23. The topological polar surface area (TPSA) is 51.1 Å². The van der Waals surface area contributed by atoms with Gasteiger partial charge in [0.15, 0.2) is 5.78 Å². The van der Waals surface area contributed by atoms with Gasteiger partial charge in [0.05, 0.1) is 0 Å². The first-order chi connectivity index (χ1) is 12.6. The molecular formula is C21H21BrN2O2. The van der Waals surface area contributed by atoms with E-state index in [0.29, 0.717) is 12.1 Å². The molecule has 4 nitrogen and oxygen atoms in total. The Morgan fingerprint density at radius 3 is 2.54 bits per heavy atom. The summed E-state index contributed by atoms with van der Waals surface area (Å²) in [6.07, 6.45) is 3.38. The van der Waals surface area contributed by atoms with Crippen LogP contribution in [0.5, 0.6) is 0 Å². The molecule has 1 N–H and O–H groups in total. The smallest absolute Gasteiger partial charge is 0.220 e. The molecule has 3 rings (SSSR count). The number of aryl methyl sites for hydroxylation is 1. The molecule has 134 valence electrons. The number of hydrogen-bond acceptors (Lipinski definition) is 2. The van der Waals surface area contributed by atoms with Crippen molar-refractivity contribution in [3.05, 3.63) is 70.8 Å². The number of carbonyl (C=O) groups is 2. The molecule has 26 heavy (non-hydrogen) atoms. The van der Waals surface area contributed by atoms with Crippen molar-refractivity contribution in [2.24, 2.45) is 0 Å². The van der Waals surface area contributed by atoms with Crippen molar-refractivity contribution in [1.82, 2.24) is 9.88 Å². The SMILES string of the molecule is O=C(CCC(=O)c1ccc(Br)cc1)NCCCn1ccc2ccccc21. The maximum Gasteiger partial charge on any atom is 0.220 e. The van der Waals surface area contributed by atoms with Gasteiger partial charge in [-0.2, -0.15) is 0 Å². The second-order valence-electron chi connectivity index (χ2n) is 6.20. The summed E-state index contributed by atoms with van der Waals surface area (Å²) in [5, 5.41) is 4.12. The average Bonchev–Trinajstić information content (AvgIpc) is 3.07. The van der Waals surface area contributed by atoms with Gasteiger partial charge in [-0.05, 0) is 36.1 Å². The number of para-hydroxylation sites is 1. The van der Waals surface area contributed by atoms with Crippen LogP contribution in [0.2, 0.25) is 0 Å². The van der Waals surface area contributed by atoms with Gasteiger partial charge in [-0.3, -0.25) is 9.59 Å². The molecule has 2 aromatic carbocycles. The first-order valence-electron chi connectivity index (χ1n) is 8.73. The van der Waals surface area contributed by atoms with E-state index in [4.69, 9.17) is 0 Å². The lowest BCUT2D eigenvalue weighted by Gasteiger charge is -2.07. The van der Waals surface area contributed by atoms with Crippen molar-refractivity contribution >= 4 is 38.5 Å². The highest BCUT2D eigenvalue weighted by Crippen LogP contribution is 2.15. The number of nitrogens with zero attached hydrogens (tertiary/aromatic N) is 1. The highest BCUT2D eigenvalue weighted by atomic mass is 79.9. The number of fused-ring (bicyclic) bond motifs is 1. The molecule has 0 aliphatic rings. The van der Waals surface area contributed by atoms with Crippen LogP contribution in [-0.4, -0.2) is 22.8 Å². The van der Waals surface area contributed by atoms with Crippen LogP contribution in [0, 0.1) is 0 Å². The number of nitrogens with one attached hydrogen (secondary N) is 1. The fraction of sp³-hybridized carbons (Fsp3) is 0.238. The van der Waals surface area contributed by atoms with Crippen LogP contribution >= 0.6 is 15.9 Å². The molecule has 0 fully saturated rings. The van der Waals surface area contributed by atoms with Gasteiger partial charge in [0.1, 0.15) is 0 Å². The summed E-state index contributed by atoms with van der Waals surface area (Å²) in [6, 6.07) is 17.6. The lowest BCUT2D eigenvalue weighted by molar-refractivity contribution is -0.121. The Hall–Kier alpha value is -2.40. The fourth-order valence-electron chi connectivity index (χ4n) is 2.91. The third-order valence-corrected chi connectivity index (χ3v) is 4.85. The van der Waals surface area contributed by atoms with Crippen molar-refractivity contribution < 1.29 is 9.59 Å². The molecule has 1 heterocycles. The molecule has 0 spiro atoms. The number of hydrogen-bond donors (Lipinski definition) is 1. The summed E-state index contributed by atoms with van der Waals surface area (Å²) in [4.78, 5) is 24.0. The molecule has 0 saturated heterocycles. The van der Waals surface area contributed by atoms with Crippen LogP contribution in [0.25, 0.3) is 10.9 Å². The largest absolute Gasteiger partial charge is 0.356 e. The predicted molar refractivity (Wildman–Crippen MR) is 107 cm³/mol. The molecule has 0 bridgehead atoms. The van der Waals surface area contributed by atoms with E-state index in [-0.39, 0.29) is 24.5 Å². The quantitative estimate of drug-likeness (QED) is 0.434. The lowest BCUT2D eigenvalue weighted by atomic mass is 10.1. The number of halogens is 1. The van der Waals surface area contributed by atoms with E-state index < -0.39 is 0 Å². The van der Waals surface area contributed by atoms with Crippen molar-refractivity contribution in [3.63, 3.8) is 0 Å². The summed E-state index contributed by atoms with van der Waals surface area (Å²) < 4.78 is 3.13. The summed E-state index contributed by atoms with van der Waals surface area (Å²) in [5.41, 5.74) is 1.85. The number of Topliss-reactive ketones (excluding diaryl/α,β-unsaturated/α-hetero) is 1. The summed E-state index contributed by atoms with van der Waals surface area (Å²) in [7, 11) is 0. The molecular weight excluding hydrogens is 392 g/mol. The van der Waals surface area contributed by atoms with Gasteiger partial charge in [-0.25, -0.2) is 0 Å². The second kappa shape index (κ2) is 8.81. The highest BCUT2D eigenvalue weighted by molar-refractivity contribution is 9.10. The Bertz CT molecular complexity index is 900. The first-order valence-corrected chi connectivity index (χ1v) is 9.52. The van der Waals surface area contributed by atoms with Crippen molar-refractivity contribution in [1.29, 1.82) is 0 Å². The van der Waals surface area contributed by atoms with E-state index in [1.807, 2.05) is 24.3 Å². The highest BCUT2D eigenvalue weighted by Gasteiger charge is 2.09. The standard InChI is InChI=1S/C21H21BrN2O2/c22-18-8-6-17(7-9-18)20(25)10-11-21(26)23-13-3-14-24-15-12-16-4-1-2-5-19(16)24/h1-2,4-9,12,15H,3,10-11,13-14H2,(H,23,26). The minimum atomic E-state index is -0.0761. The molecule has 0 atom stereocenters. The summed E-state index contributed by atoms with van der Waals surface area (Å²) >= 11 is 3.34. The third kappa shape index (κ3) is 4.82. The number of benzene rings is 2. The van der Waals surface area contributed by atoms with Gasteiger partial charge in [0, 0.05) is 47.7 Å². The minimum Gasteiger partial charge on any atom is -0.356 e. The van der Waals surface area contributed by atoms with Gasteiger partial charge >= 0.3 is 0 Å². The maximum atomic E-state index is 12.1. The van der Waals surface area contributed by atoms with Gasteiger partial charge < -0.3 is 9.88 Å². The zero-order chi connectivity index (χ0) is 18.4. The number of aromatic nitrogens is 1. The van der Waals surface area contributed by atoms with E-state index in [2.05, 4.69) is 50.2 Å². The molecule has 3 aromatic rings. The minimum absolute atomic E-state index is 0.00791. The Morgan fingerprint density at radius 2 is 1.73 bits per heavy atom. The van der Waals surface area contributed by atoms with E-state index >= 15 is 0 Å². The first kappa shape index (κ1) is 18.4. The van der Waals surface area contributed by atoms with Crippen molar-refractivity contribution in [2.75, 3.05) is 6.54 Å². The normalized spacial score (nSPS) is 10.8. The number of ketones is 1. The molecule has 0 unspecified atom stereocenters. The molecule has 0 aliphatic carbocycles. The average molecular weight is 413 g/mol. The van der Waals surface area contributed by atoms with Gasteiger partial charge in [-0.15, -0.1) is 0 Å². The maximum absolute atomic E-state index is 12.1. The fourth-order valence-corrected chi connectivity index (χ4v) is 3.17. The van der Waals surface area contributed by atoms with Crippen LogP contribution < -0.4 is 5.32 Å². The van der Waals surface area contributed by atoms with Crippen molar-refractivity contribution in [3.8, 4) is 0 Å². The van der Waals surface area contributed by atoms with E-state index in [1.54, 1.807) is 12.1 Å². The van der Waals surface area contributed by atoms with E-state index in [9.17, 15) is 9.59 Å². The van der Waals surface area contributed by atoms with Gasteiger partial charge in [-0.1, -0.05) is 46.3 Å². The Balaban J connectivity index is 1.38. The Labute approximate surface area is 161 Å². The molecule has 0 saturated carbocycles. The molecule has 0 aliphatic heterocycles.